The normalized spacial score (nSPS) is 10.8. The maximum atomic E-state index is 11.8. The van der Waals surface area contributed by atoms with Crippen LogP contribution < -0.4 is 0 Å². The largest absolute Gasteiger partial charge is 0.361 e. The molecule has 0 aliphatic heterocycles. The first-order chi connectivity index (χ1) is 9.22. The average molecular weight is 258 g/mol. The van der Waals surface area contributed by atoms with Gasteiger partial charge in [0.05, 0.1) is 0 Å². The van der Waals surface area contributed by atoms with Crippen molar-refractivity contribution in [2.24, 2.45) is 0 Å². The quantitative estimate of drug-likeness (QED) is 0.847. The second kappa shape index (κ2) is 6.41. The van der Waals surface area contributed by atoms with Gasteiger partial charge >= 0.3 is 0 Å². The fourth-order valence-corrected chi connectivity index (χ4v) is 2.42. The summed E-state index contributed by atoms with van der Waals surface area (Å²) in [5.41, 5.74) is 2.48. The van der Waals surface area contributed by atoms with E-state index < -0.39 is 0 Å². The van der Waals surface area contributed by atoms with Gasteiger partial charge in [0, 0.05) is 37.1 Å². The number of nitrogens with zero attached hydrogens (tertiary/aromatic N) is 1. The average Bonchev–Trinajstić information content (AvgIpc) is 2.82. The van der Waals surface area contributed by atoms with E-state index in [1.807, 2.05) is 18.0 Å². The highest BCUT2D eigenvalue weighted by atomic mass is 16.2. The molecule has 0 saturated carbocycles. The van der Waals surface area contributed by atoms with E-state index in [4.69, 9.17) is 0 Å². The molecular weight excluding hydrogens is 236 g/mol. The van der Waals surface area contributed by atoms with Gasteiger partial charge in [-0.25, -0.2) is 0 Å². The molecule has 1 amide bonds. The van der Waals surface area contributed by atoms with Crippen LogP contribution in [-0.4, -0.2) is 29.4 Å². The van der Waals surface area contributed by atoms with Crippen LogP contribution in [0.2, 0.25) is 0 Å². The molecule has 2 aromatic rings. The van der Waals surface area contributed by atoms with Crippen molar-refractivity contribution < 1.29 is 4.79 Å². The Morgan fingerprint density at radius 2 is 2.11 bits per heavy atom. The predicted octanol–water partition coefficient (Wildman–Crippen LogP) is 3.36. The van der Waals surface area contributed by atoms with Crippen LogP contribution in [0.1, 0.15) is 31.7 Å². The molecule has 1 aromatic carbocycles. The maximum Gasteiger partial charge on any atom is 0.222 e. The van der Waals surface area contributed by atoms with Gasteiger partial charge in [-0.2, -0.15) is 0 Å². The monoisotopic (exact) mass is 258 g/mol. The minimum atomic E-state index is 0.252. The molecule has 2 rings (SSSR count). The van der Waals surface area contributed by atoms with E-state index in [0.717, 1.165) is 25.8 Å². The Bertz CT molecular complexity index is 544. The molecule has 3 heteroatoms. The number of aryl methyl sites for hydroxylation is 1. The second-order valence-electron chi connectivity index (χ2n) is 5.03. The molecule has 0 bridgehead atoms. The predicted molar refractivity (Wildman–Crippen MR) is 79.2 cm³/mol. The summed E-state index contributed by atoms with van der Waals surface area (Å²) in [5, 5.41) is 1.27. The number of fused-ring (bicyclic) bond motifs is 1. The van der Waals surface area contributed by atoms with Crippen molar-refractivity contribution in [3.05, 3.63) is 36.0 Å². The standard InChI is InChI=1S/C16H22N2O/c1-3-11-18(2)16(19)10-6-7-13-12-17-15-9-5-4-8-14(13)15/h4-5,8-9,12,17H,3,6-7,10-11H2,1-2H3. The number of H-pyrrole nitrogens is 1. The Balaban J connectivity index is 1.87. The molecule has 0 radical (unpaired) electrons. The number of carbonyl (C=O) groups is 1. The number of carbonyl (C=O) groups excluding carboxylic acids is 1. The van der Waals surface area contributed by atoms with E-state index >= 15 is 0 Å². The molecule has 3 nitrogen and oxygen atoms in total. The van der Waals surface area contributed by atoms with Gasteiger partial charge in [0.1, 0.15) is 0 Å². The number of nitrogens with one attached hydrogen (secondary N) is 1. The first kappa shape index (κ1) is 13.7. The van der Waals surface area contributed by atoms with Crippen molar-refractivity contribution in [1.29, 1.82) is 0 Å². The summed E-state index contributed by atoms with van der Waals surface area (Å²) in [7, 11) is 1.89. The van der Waals surface area contributed by atoms with Gasteiger partial charge in [0.15, 0.2) is 0 Å². The Morgan fingerprint density at radius 3 is 2.89 bits per heavy atom. The lowest BCUT2D eigenvalue weighted by molar-refractivity contribution is -0.130. The van der Waals surface area contributed by atoms with Gasteiger partial charge in [0.2, 0.25) is 5.91 Å². The highest BCUT2D eigenvalue weighted by Crippen LogP contribution is 2.19. The lowest BCUT2D eigenvalue weighted by Crippen LogP contribution is -2.27. The Kier molecular flexibility index (Phi) is 4.61. The fraction of sp³-hybridized carbons (Fsp3) is 0.438. The minimum Gasteiger partial charge on any atom is -0.361 e. The van der Waals surface area contributed by atoms with Gasteiger partial charge in [-0.05, 0) is 30.9 Å². The lowest BCUT2D eigenvalue weighted by atomic mass is 10.1. The van der Waals surface area contributed by atoms with Crippen molar-refractivity contribution in [2.75, 3.05) is 13.6 Å². The number of amides is 1. The van der Waals surface area contributed by atoms with Crippen molar-refractivity contribution in [3.8, 4) is 0 Å². The van der Waals surface area contributed by atoms with E-state index in [9.17, 15) is 4.79 Å². The van der Waals surface area contributed by atoms with Crippen molar-refractivity contribution in [1.82, 2.24) is 9.88 Å². The van der Waals surface area contributed by atoms with E-state index in [1.54, 1.807) is 0 Å². The van der Waals surface area contributed by atoms with E-state index in [0.29, 0.717) is 6.42 Å². The molecule has 1 aromatic heterocycles. The van der Waals surface area contributed by atoms with Gasteiger partial charge in [-0.1, -0.05) is 25.1 Å². The molecule has 102 valence electrons. The van der Waals surface area contributed by atoms with Gasteiger partial charge in [-0.3, -0.25) is 4.79 Å². The molecule has 1 N–H and O–H groups in total. The zero-order chi connectivity index (χ0) is 13.7. The SMILES string of the molecule is CCCN(C)C(=O)CCCc1c[nH]c2ccccc12. The van der Waals surface area contributed by atoms with Gasteiger partial charge < -0.3 is 9.88 Å². The summed E-state index contributed by atoms with van der Waals surface area (Å²) in [5.74, 6) is 0.252. The van der Waals surface area contributed by atoms with Gasteiger partial charge in [0.25, 0.3) is 0 Å². The molecule has 0 spiro atoms. The van der Waals surface area contributed by atoms with Crippen LogP contribution in [0.5, 0.6) is 0 Å². The number of para-hydroxylation sites is 1. The lowest BCUT2D eigenvalue weighted by Gasteiger charge is -2.15. The molecule has 19 heavy (non-hydrogen) atoms. The maximum absolute atomic E-state index is 11.8. The van der Waals surface area contributed by atoms with Crippen molar-refractivity contribution in [2.45, 2.75) is 32.6 Å². The summed E-state index contributed by atoms with van der Waals surface area (Å²) in [6, 6.07) is 8.30. The van der Waals surface area contributed by atoms with Crippen LogP contribution in [0.25, 0.3) is 10.9 Å². The minimum absolute atomic E-state index is 0.252. The zero-order valence-corrected chi connectivity index (χ0v) is 11.8. The van der Waals surface area contributed by atoms with Crippen LogP contribution in [0, 0.1) is 0 Å². The van der Waals surface area contributed by atoms with Crippen molar-refractivity contribution >= 4 is 16.8 Å². The Hall–Kier alpha value is -1.77. The number of rotatable bonds is 6. The molecular formula is C16H22N2O. The molecule has 0 unspecified atom stereocenters. The molecule has 0 aliphatic carbocycles. The van der Waals surface area contributed by atoms with Crippen LogP contribution >= 0.6 is 0 Å². The third-order valence-corrected chi connectivity index (χ3v) is 3.50. The van der Waals surface area contributed by atoms with E-state index in [1.165, 1.54) is 16.5 Å². The molecule has 0 atom stereocenters. The number of aromatic nitrogens is 1. The number of hydrogen-bond donors (Lipinski definition) is 1. The zero-order valence-electron chi connectivity index (χ0n) is 11.8. The summed E-state index contributed by atoms with van der Waals surface area (Å²) in [4.78, 5) is 16.9. The van der Waals surface area contributed by atoms with Crippen LogP contribution in [0.4, 0.5) is 0 Å². The van der Waals surface area contributed by atoms with Crippen molar-refractivity contribution in [3.63, 3.8) is 0 Å². The van der Waals surface area contributed by atoms with Crippen LogP contribution in [0.3, 0.4) is 0 Å². The highest BCUT2D eigenvalue weighted by Gasteiger charge is 2.08. The molecule has 0 fully saturated rings. The fourth-order valence-electron chi connectivity index (χ4n) is 2.42. The molecule has 0 aliphatic rings. The highest BCUT2D eigenvalue weighted by molar-refractivity contribution is 5.83. The number of benzene rings is 1. The molecule has 1 heterocycles. The van der Waals surface area contributed by atoms with Crippen LogP contribution in [0.15, 0.2) is 30.5 Å². The van der Waals surface area contributed by atoms with E-state index in [-0.39, 0.29) is 5.91 Å². The third kappa shape index (κ3) is 3.37. The topological polar surface area (TPSA) is 36.1 Å². The van der Waals surface area contributed by atoms with E-state index in [2.05, 4.69) is 36.3 Å². The van der Waals surface area contributed by atoms with Crippen LogP contribution in [-0.2, 0) is 11.2 Å². The summed E-state index contributed by atoms with van der Waals surface area (Å²) in [6.07, 6.45) is 5.58. The summed E-state index contributed by atoms with van der Waals surface area (Å²) < 4.78 is 0. The second-order valence-corrected chi connectivity index (χ2v) is 5.03. The number of aromatic amines is 1. The first-order valence-corrected chi connectivity index (χ1v) is 7.01. The van der Waals surface area contributed by atoms with Gasteiger partial charge in [-0.15, -0.1) is 0 Å². The summed E-state index contributed by atoms with van der Waals surface area (Å²) in [6.45, 7) is 2.95. The molecule has 0 saturated heterocycles. The Labute approximate surface area is 114 Å². The Morgan fingerprint density at radius 1 is 1.32 bits per heavy atom. The number of hydrogen-bond acceptors (Lipinski definition) is 1. The first-order valence-electron chi connectivity index (χ1n) is 7.01. The third-order valence-electron chi connectivity index (χ3n) is 3.50. The summed E-state index contributed by atoms with van der Waals surface area (Å²) >= 11 is 0. The smallest absolute Gasteiger partial charge is 0.222 e.